The molecule has 0 aliphatic heterocycles. The van der Waals surface area contributed by atoms with Gasteiger partial charge in [-0.1, -0.05) is 6.07 Å². The maximum absolute atomic E-state index is 12.8. The molecule has 0 unspecified atom stereocenters. The minimum atomic E-state index is -1.02. The summed E-state index contributed by atoms with van der Waals surface area (Å²) in [5.74, 6) is -1.58. The number of halogens is 1. The van der Waals surface area contributed by atoms with E-state index in [4.69, 9.17) is 4.74 Å². The molecule has 0 bridgehead atoms. The van der Waals surface area contributed by atoms with Crippen molar-refractivity contribution in [3.63, 3.8) is 0 Å². The van der Waals surface area contributed by atoms with Gasteiger partial charge in [0.1, 0.15) is 0 Å². The van der Waals surface area contributed by atoms with E-state index in [1.54, 1.807) is 0 Å². The Labute approximate surface area is 79.8 Å². The molecule has 1 aliphatic rings. The molecule has 1 aliphatic carbocycles. The minimum Gasteiger partial charge on any atom is -0.501 e. The highest BCUT2D eigenvalue weighted by atomic mass is 19.1. The van der Waals surface area contributed by atoms with Crippen LogP contribution in [0.3, 0.4) is 0 Å². The van der Waals surface area contributed by atoms with Crippen LogP contribution in [0.1, 0.15) is 12.8 Å². The van der Waals surface area contributed by atoms with Gasteiger partial charge in [-0.25, -0.2) is 4.39 Å². The number of hydrogen-bond donors (Lipinski definition) is 1. The lowest BCUT2D eigenvalue weighted by Crippen LogP contribution is -2.04. The van der Waals surface area contributed by atoms with Crippen LogP contribution in [0, 0.1) is 5.82 Å². The van der Waals surface area contributed by atoms with E-state index >= 15 is 0 Å². The summed E-state index contributed by atoms with van der Waals surface area (Å²) >= 11 is 0. The van der Waals surface area contributed by atoms with E-state index in [-0.39, 0.29) is 11.9 Å². The largest absolute Gasteiger partial charge is 0.501 e. The average Bonchev–Trinajstić information content (AvgIpc) is 2.97. The Balaban J connectivity index is 2.45. The number of hydrogen-bond acceptors (Lipinski definition) is 3. The van der Waals surface area contributed by atoms with Gasteiger partial charge in [0.25, 0.3) is 5.43 Å². The lowest BCUT2D eigenvalue weighted by Gasteiger charge is -2.01. The molecule has 14 heavy (non-hydrogen) atoms. The maximum Gasteiger partial charge on any atom is 0.259 e. The van der Waals surface area contributed by atoms with E-state index < -0.39 is 17.0 Å². The second-order valence-electron chi connectivity index (χ2n) is 3.23. The highest BCUT2D eigenvalue weighted by molar-refractivity contribution is 5.37. The third-order valence-corrected chi connectivity index (χ3v) is 1.97. The molecule has 1 N–H and O–H groups in total. The molecular weight excluding hydrogens is 187 g/mol. The summed E-state index contributed by atoms with van der Waals surface area (Å²) in [6, 6.07) is 3.73. The topological polar surface area (TPSA) is 46.5 Å². The van der Waals surface area contributed by atoms with Crippen LogP contribution in [0.15, 0.2) is 23.0 Å². The molecule has 74 valence electrons. The molecule has 0 radical (unpaired) electrons. The van der Waals surface area contributed by atoms with Crippen molar-refractivity contribution >= 4 is 0 Å². The van der Waals surface area contributed by atoms with Crippen LogP contribution >= 0.6 is 0 Å². The van der Waals surface area contributed by atoms with E-state index in [1.165, 1.54) is 12.1 Å². The molecule has 1 saturated carbocycles. The fourth-order valence-electron chi connectivity index (χ4n) is 1.06. The number of aromatic hydroxyl groups is 1. The molecule has 2 rings (SSSR count). The van der Waals surface area contributed by atoms with Gasteiger partial charge >= 0.3 is 0 Å². The van der Waals surface area contributed by atoms with Crippen molar-refractivity contribution in [3.05, 3.63) is 34.2 Å². The molecule has 0 heterocycles. The smallest absolute Gasteiger partial charge is 0.259 e. The third-order valence-electron chi connectivity index (χ3n) is 1.97. The van der Waals surface area contributed by atoms with Gasteiger partial charge in [-0.15, -0.1) is 0 Å². The Hall–Kier alpha value is -1.58. The quantitative estimate of drug-likeness (QED) is 0.778. The van der Waals surface area contributed by atoms with Crippen LogP contribution in [-0.4, -0.2) is 11.2 Å². The first-order chi connectivity index (χ1) is 6.68. The van der Waals surface area contributed by atoms with Gasteiger partial charge in [0, 0.05) is 0 Å². The van der Waals surface area contributed by atoms with Crippen LogP contribution in [0.4, 0.5) is 4.39 Å². The zero-order chi connectivity index (χ0) is 10.1. The van der Waals surface area contributed by atoms with Gasteiger partial charge in [0.05, 0.1) is 6.10 Å². The standard InChI is InChI=1S/C10H9FO3/c11-7-2-1-3-8(10(13)9(7)12)14-6-4-5-6/h1-3,6H,4-5H2,(H,12,13). The maximum atomic E-state index is 12.8. The van der Waals surface area contributed by atoms with Crippen molar-refractivity contribution in [2.75, 3.05) is 0 Å². The van der Waals surface area contributed by atoms with Crippen molar-refractivity contribution in [2.45, 2.75) is 18.9 Å². The number of ether oxygens (including phenoxy) is 1. The highest BCUT2D eigenvalue weighted by Gasteiger charge is 2.25. The third kappa shape index (κ3) is 1.69. The summed E-state index contributed by atoms with van der Waals surface area (Å²) in [7, 11) is 0. The summed E-state index contributed by atoms with van der Waals surface area (Å²) < 4.78 is 18.1. The lowest BCUT2D eigenvalue weighted by atomic mass is 10.4. The summed E-state index contributed by atoms with van der Waals surface area (Å²) in [5.41, 5.74) is -1.02. The molecule has 1 aromatic carbocycles. The molecule has 3 nitrogen and oxygen atoms in total. The summed E-state index contributed by atoms with van der Waals surface area (Å²) in [5, 5.41) is 9.34. The Morgan fingerprint density at radius 1 is 1.43 bits per heavy atom. The van der Waals surface area contributed by atoms with E-state index in [0.717, 1.165) is 18.9 Å². The van der Waals surface area contributed by atoms with Crippen molar-refractivity contribution in [3.8, 4) is 11.5 Å². The Morgan fingerprint density at radius 2 is 2.14 bits per heavy atom. The van der Waals surface area contributed by atoms with Gasteiger partial charge in [0.2, 0.25) is 5.75 Å². The minimum absolute atomic E-state index is 0.0569. The fourth-order valence-corrected chi connectivity index (χ4v) is 1.06. The Kier molecular flexibility index (Phi) is 2.11. The van der Waals surface area contributed by atoms with Crippen molar-refractivity contribution in [1.82, 2.24) is 0 Å². The van der Waals surface area contributed by atoms with E-state index in [1.807, 2.05) is 0 Å². The van der Waals surface area contributed by atoms with Crippen LogP contribution in [-0.2, 0) is 0 Å². The molecule has 0 spiro atoms. The molecular formula is C10H9FO3. The van der Waals surface area contributed by atoms with Crippen molar-refractivity contribution in [2.24, 2.45) is 0 Å². The predicted octanol–water partition coefficient (Wildman–Crippen LogP) is 1.43. The number of rotatable bonds is 2. The first-order valence-electron chi connectivity index (χ1n) is 4.37. The van der Waals surface area contributed by atoms with Gasteiger partial charge in [0.15, 0.2) is 11.6 Å². The monoisotopic (exact) mass is 196 g/mol. The molecule has 1 aromatic rings. The van der Waals surface area contributed by atoms with Gasteiger partial charge in [-0.2, -0.15) is 0 Å². The normalized spacial score (nSPS) is 15.2. The summed E-state index contributed by atoms with van der Waals surface area (Å²) in [6.45, 7) is 0. The van der Waals surface area contributed by atoms with Crippen LogP contribution in [0.2, 0.25) is 0 Å². The van der Waals surface area contributed by atoms with E-state index in [2.05, 4.69) is 0 Å². The fraction of sp³-hybridized carbons (Fsp3) is 0.300. The predicted molar refractivity (Wildman–Crippen MR) is 48.0 cm³/mol. The molecule has 0 aromatic heterocycles. The highest BCUT2D eigenvalue weighted by Crippen LogP contribution is 2.30. The zero-order valence-corrected chi connectivity index (χ0v) is 7.37. The molecule has 1 fully saturated rings. The average molecular weight is 196 g/mol. The second kappa shape index (κ2) is 3.29. The van der Waals surface area contributed by atoms with Crippen LogP contribution in [0.5, 0.6) is 11.5 Å². The van der Waals surface area contributed by atoms with E-state index in [9.17, 15) is 14.3 Å². The Bertz CT molecular complexity index is 413. The molecule has 0 amide bonds. The Morgan fingerprint density at radius 3 is 2.79 bits per heavy atom. The SMILES string of the molecule is O=c1c(F)cccc(OC2CC2)c1O. The van der Waals surface area contributed by atoms with Crippen LogP contribution < -0.4 is 10.2 Å². The molecule has 0 saturated heterocycles. The van der Waals surface area contributed by atoms with Gasteiger partial charge in [-0.3, -0.25) is 4.79 Å². The zero-order valence-electron chi connectivity index (χ0n) is 7.37. The first-order valence-corrected chi connectivity index (χ1v) is 4.37. The summed E-state index contributed by atoms with van der Waals surface area (Å²) in [4.78, 5) is 11.1. The first kappa shape index (κ1) is 8.99. The van der Waals surface area contributed by atoms with E-state index in [0.29, 0.717) is 0 Å². The molecule has 0 atom stereocenters. The van der Waals surface area contributed by atoms with Crippen LogP contribution in [0.25, 0.3) is 0 Å². The summed E-state index contributed by atoms with van der Waals surface area (Å²) in [6.07, 6.45) is 1.88. The van der Waals surface area contributed by atoms with Crippen molar-refractivity contribution in [1.29, 1.82) is 0 Å². The molecule has 4 heteroatoms. The van der Waals surface area contributed by atoms with Gasteiger partial charge < -0.3 is 9.84 Å². The second-order valence-corrected chi connectivity index (χ2v) is 3.23. The van der Waals surface area contributed by atoms with Crippen molar-refractivity contribution < 1.29 is 14.2 Å². The van der Waals surface area contributed by atoms with Gasteiger partial charge in [-0.05, 0) is 25.0 Å². The lowest BCUT2D eigenvalue weighted by molar-refractivity contribution is 0.285.